The summed E-state index contributed by atoms with van der Waals surface area (Å²) >= 11 is 2.82. The minimum absolute atomic E-state index is 0.0439. The van der Waals surface area contributed by atoms with E-state index in [1.165, 1.54) is 18.4 Å². The fraction of sp³-hybridized carbons (Fsp3) is 0.0909. The van der Waals surface area contributed by atoms with Gasteiger partial charge in [-0.25, -0.2) is 8.42 Å². The predicted octanol–water partition coefficient (Wildman–Crippen LogP) is 3.71. The highest BCUT2D eigenvalue weighted by atomic mass is 79.9. The Morgan fingerprint density at radius 3 is 2.40 bits per heavy atom. The van der Waals surface area contributed by atoms with Gasteiger partial charge < -0.3 is 9.52 Å². The molecule has 0 aliphatic rings. The summed E-state index contributed by atoms with van der Waals surface area (Å²) in [4.78, 5) is -0.985. The molecule has 0 atom stereocenters. The third-order valence-electron chi connectivity index (χ3n) is 2.44. The van der Waals surface area contributed by atoms with Crippen molar-refractivity contribution in [3.8, 4) is 17.1 Å². The molecule has 20 heavy (non-hydrogen) atoms. The highest BCUT2D eigenvalue weighted by Crippen LogP contribution is 2.40. The van der Waals surface area contributed by atoms with Crippen molar-refractivity contribution < 1.29 is 31.1 Å². The van der Waals surface area contributed by atoms with Crippen LogP contribution in [0.2, 0.25) is 0 Å². The van der Waals surface area contributed by atoms with Crippen LogP contribution in [0.5, 0.6) is 5.75 Å². The Bertz CT molecular complexity index is 736. The summed E-state index contributed by atoms with van der Waals surface area (Å²) in [6, 6.07) is 4.23. The summed E-state index contributed by atoms with van der Waals surface area (Å²) in [5.74, 6) is -0.372. The van der Waals surface area contributed by atoms with E-state index in [2.05, 4.69) is 15.9 Å². The molecule has 2 aromatic rings. The third kappa shape index (κ3) is 2.42. The van der Waals surface area contributed by atoms with Gasteiger partial charge in [-0.15, -0.1) is 0 Å². The smallest absolute Gasteiger partial charge is 0.501 e. The van der Waals surface area contributed by atoms with Crippen molar-refractivity contribution in [1.82, 2.24) is 0 Å². The number of hydrogen-bond acceptors (Lipinski definition) is 4. The van der Waals surface area contributed by atoms with Gasteiger partial charge in [-0.3, -0.25) is 0 Å². The zero-order chi connectivity index (χ0) is 15.1. The monoisotopic (exact) mass is 370 g/mol. The molecule has 0 unspecified atom stereocenters. The topological polar surface area (TPSA) is 67.5 Å². The van der Waals surface area contributed by atoms with Gasteiger partial charge in [0, 0.05) is 0 Å². The van der Waals surface area contributed by atoms with E-state index in [-0.39, 0.29) is 15.8 Å². The van der Waals surface area contributed by atoms with Gasteiger partial charge in [0.1, 0.15) is 11.5 Å². The van der Waals surface area contributed by atoms with Gasteiger partial charge in [0.2, 0.25) is 0 Å². The van der Waals surface area contributed by atoms with E-state index in [0.717, 1.165) is 0 Å². The molecule has 4 nitrogen and oxygen atoms in total. The van der Waals surface area contributed by atoms with Crippen LogP contribution in [-0.2, 0) is 9.84 Å². The Labute approximate surface area is 119 Å². The van der Waals surface area contributed by atoms with E-state index in [9.17, 15) is 26.7 Å². The maximum absolute atomic E-state index is 12.5. The number of furan rings is 1. The molecule has 2 rings (SSSR count). The first-order chi connectivity index (χ1) is 9.14. The number of rotatable bonds is 2. The van der Waals surface area contributed by atoms with Crippen molar-refractivity contribution >= 4 is 25.8 Å². The Morgan fingerprint density at radius 1 is 1.25 bits per heavy atom. The maximum atomic E-state index is 12.5. The van der Waals surface area contributed by atoms with Crippen LogP contribution < -0.4 is 0 Å². The van der Waals surface area contributed by atoms with E-state index in [0.29, 0.717) is 12.1 Å². The Balaban J connectivity index is 2.71. The molecule has 0 saturated heterocycles. The fourth-order valence-electron chi connectivity index (χ4n) is 1.48. The number of benzene rings is 1. The Hall–Kier alpha value is -1.48. The standard InChI is InChI=1S/C11H6BrF3O4S/c12-8-5-6(20(17,18)11(13,14)15)4-7(10(8)16)9-2-1-3-19-9/h1-5,16H. The van der Waals surface area contributed by atoms with Gasteiger partial charge >= 0.3 is 5.51 Å². The molecule has 0 radical (unpaired) electrons. The lowest BCUT2D eigenvalue weighted by atomic mass is 10.1. The van der Waals surface area contributed by atoms with Crippen LogP contribution in [0.25, 0.3) is 11.3 Å². The molecular formula is C11H6BrF3O4S. The molecule has 0 fully saturated rings. The number of phenolic OH excluding ortho intramolecular Hbond substituents is 1. The molecule has 1 aromatic heterocycles. The molecule has 0 saturated carbocycles. The quantitative estimate of drug-likeness (QED) is 0.874. The van der Waals surface area contributed by atoms with Gasteiger partial charge in [0.15, 0.2) is 0 Å². The number of aromatic hydroxyl groups is 1. The van der Waals surface area contributed by atoms with Gasteiger partial charge in [-0.05, 0) is 40.2 Å². The molecule has 1 N–H and O–H groups in total. The zero-order valence-electron chi connectivity index (χ0n) is 9.48. The molecular weight excluding hydrogens is 365 g/mol. The Morgan fingerprint density at radius 2 is 1.90 bits per heavy atom. The van der Waals surface area contributed by atoms with Crippen LogP contribution in [0.15, 0.2) is 44.3 Å². The van der Waals surface area contributed by atoms with Crippen LogP contribution >= 0.6 is 15.9 Å². The molecule has 0 amide bonds. The molecule has 108 valence electrons. The summed E-state index contributed by atoms with van der Waals surface area (Å²) in [7, 11) is -5.51. The fourth-order valence-corrected chi connectivity index (χ4v) is 2.91. The highest BCUT2D eigenvalue weighted by Gasteiger charge is 2.47. The average Bonchev–Trinajstić information content (AvgIpc) is 2.84. The number of halogens is 4. The second-order valence-corrected chi connectivity index (χ2v) is 6.52. The highest BCUT2D eigenvalue weighted by molar-refractivity contribution is 9.10. The summed E-state index contributed by atoms with van der Waals surface area (Å²) in [5.41, 5.74) is -5.59. The molecule has 0 bridgehead atoms. The first-order valence-corrected chi connectivity index (χ1v) is 7.30. The van der Waals surface area contributed by atoms with Gasteiger partial charge in [-0.2, -0.15) is 13.2 Å². The van der Waals surface area contributed by atoms with Gasteiger partial charge in [-0.1, -0.05) is 0 Å². The second-order valence-electron chi connectivity index (χ2n) is 3.73. The van der Waals surface area contributed by atoms with E-state index in [1.807, 2.05) is 0 Å². The zero-order valence-corrected chi connectivity index (χ0v) is 11.9. The van der Waals surface area contributed by atoms with Crippen LogP contribution in [0, 0.1) is 0 Å². The van der Waals surface area contributed by atoms with Crippen molar-refractivity contribution in [2.75, 3.05) is 0 Å². The lowest BCUT2D eigenvalue weighted by Crippen LogP contribution is -2.23. The second kappa shape index (κ2) is 4.81. The molecule has 9 heteroatoms. The molecule has 0 spiro atoms. The van der Waals surface area contributed by atoms with Crippen molar-refractivity contribution in [3.63, 3.8) is 0 Å². The van der Waals surface area contributed by atoms with Crippen LogP contribution in [0.3, 0.4) is 0 Å². The van der Waals surface area contributed by atoms with E-state index in [1.54, 1.807) is 0 Å². The van der Waals surface area contributed by atoms with Crippen molar-refractivity contribution in [2.45, 2.75) is 10.4 Å². The van der Waals surface area contributed by atoms with E-state index in [4.69, 9.17) is 4.42 Å². The van der Waals surface area contributed by atoms with E-state index >= 15 is 0 Å². The maximum Gasteiger partial charge on any atom is 0.501 e. The molecule has 1 aromatic carbocycles. The SMILES string of the molecule is O=S(=O)(c1cc(Br)c(O)c(-c2ccco2)c1)C(F)(F)F. The van der Waals surface area contributed by atoms with Crippen LogP contribution in [0.4, 0.5) is 13.2 Å². The average molecular weight is 371 g/mol. The summed E-state index contributed by atoms with van der Waals surface area (Å²) in [5, 5.41) is 9.78. The first kappa shape index (κ1) is 14.9. The number of phenols is 1. The number of sulfone groups is 1. The van der Waals surface area contributed by atoms with Crippen molar-refractivity contribution in [2.24, 2.45) is 0 Å². The minimum Gasteiger partial charge on any atom is -0.506 e. The lowest BCUT2D eigenvalue weighted by molar-refractivity contribution is -0.0436. The third-order valence-corrected chi connectivity index (χ3v) is 4.51. The summed E-state index contributed by atoms with van der Waals surface area (Å²) in [6.45, 7) is 0. The van der Waals surface area contributed by atoms with Crippen LogP contribution in [0.1, 0.15) is 0 Å². The normalized spacial score (nSPS) is 12.6. The van der Waals surface area contributed by atoms with Gasteiger partial charge in [0.05, 0.1) is 21.2 Å². The van der Waals surface area contributed by atoms with Gasteiger partial charge in [0.25, 0.3) is 9.84 Å². The number of alkyl halides is 3. The Kier molecular flexibility index (Phi) is 3.59. The summed E-state index contributed by atoms with van der Waals surface area (Å²) in [6.07, 6.45) is 1.24. The largest absolute Gasteiger partial charge is 0.506 e. The van der Waals surface area contributed by atoms with Crippen LogP contribution in [-0.4, -0.2) is 19.0 Å². The predicted molar refractivity (Wildman–Crippen MR) is 66.7 cm³/mol. The van der Waals surface area contributed by atoms with Crippen molar-refractivity contribution in [1.29, 1.82) is 0 Å². The minimum atomic E-state index is -5.51. The first-order valence-electron chi connectivity index (χ1n) is 5.02. The lowest BCUT2D eigenvalue weighted by Gasteiger charge is -2.11. The van der Waals surface area contributed by atoms with E-state index < -0.39 is 26.0 Å². The molecule has 0 aliphatic carbocycles. The molecule has 1 heterocycles. The van der Waals surface area contributed by atoms with Crippen molar-refractivity contribution in [3.05, 3.63) is 35.0 Å². The molecule has 0 aliphatic heterocycles. The summed E-state index contributed by atoms with van der Waals surface area (Å²) < 4.78 is 65.1. The number of hydrogen-bond donors (Lipinski definition) is 1.